The Morgan fingerprint density at radius 3 is 2.75 bits per heavy atom. The van der Waals surface area contributed by atoms with Gasteiger partial charge in [-0.15, -0.1) is 0 Å². The summed E-state index contributed by atoms with van der Waals surface area (Å²) < 4.78 is 7.07. The number of nitrogens with one attached hydrogen (secondary N) is 1. The van der Waals surface area contributed by atoms with Crippen molar-refractivity contribution in [2.75, 3.05) is 18.2 Å². The van der Waals surface area contributed by atoms with Crippen molar-refractivity contribution in [1.29, 1.82) is 0 Å². The predicted octanol–water partition coefficient (Wildman–Crippen LogP) is 1.15. The highest BCUT2D eigenvalue weighted by Gasteiger charge is 2.30. The van der Waals surface area contributed by atoms with E-state index in [4.69, 9.17) is 10.5 Å². The molecule has 16 heavy (non-hydrogen) atoms. The maximum Gasteiger partial charge on any atom is 0.148 e. The molecule has 0 amide bonds. The minimum absolute atomic E-state index is 0.401. The SMILES string of the molecule is CCc1nn(C)c(NC2CC(OC)C2)c1N. The monoisotopic (exact) mass is 224 g/mol. The molecule has 3 N–H and O–H groups in total. The summed E-state index contributed by atoms with van der Waals surface area (Å²) in [7, 11) is 3.68. The van der Waals surface area contributed by atoms with E-state index in [9.17, 15) is 0 Å². The highest BCUT2D eigenvalue weighted by atomic mass is 16.5. The lowest BCUT2D eigenvalue weighted by atomic mass is 9.89. The fraction of sp³-hybridized carbons (Fsp3) is 0.727. The normalized spacial score (nSPS) is 24.2. The van der Waals surface area contributed by atoms with Crippen LogP contribution in [0.15, 0.2) is 0 Å². The lowest BCUT2D eigenvalue weighted by Crippen LogP contribution is -2.40. The molecule has 0 saturated heterocycles. The zero-order chi connectivity index (χ0) is 11.7. The summed E-state index contributed by atoms with van der Waals surface area (Å²) in [6.07, 6.45) is 3.36. The number of rotatable bonds is 4. The highest BCUT2D eigenvalue weighted by molar-refractivity contribution is 5.65. The van der Waals surface area contributed by atoms with Crippen LogP contribution in [0.4, 0.5) is 11.5 Å². The third kappa shape index (κ3) is 1.87. The summed E-state index contributed by atoms with van der Waals surface area (Å²) in [5, 5.41) is 7.81. The Hall–Kier alpha value is -1.23. The number of nitrogens with zero attached hydrogens (tertiary/aromatic N) is 2. The van der Waals surface area contributed by atoms with Crippen LogP contribution in [-0.4, -0.2) is 29.0 Å². The molecule has 0 aromatic carbocycles. The first-order valence-corrected chi connectivity index (χ1v) is 5.76. The standard InChI is InChI=1S/C11H20N4O/c1-4-9-10(12)11(15(2)14-9)13-7-5-8(6-7)16-3/h7-8,13H,4-6,12H2,1-3H3. The van der Waals surface area contributed by atoms with Gasteiger partial charge in [0.15, 0.2) is 0 Å². The molecule has 1 aliphatic rings. The third-order valence-electron chi connectivity index (χ3n) is 3.26. The number of nitrogen functional groups attached to an aromatic ring is 1. The number of nitrogens with two attached hydrogens (primary N) is 1. The topological polar surface area (TPSA) is 65.1 Å². The molecule has 90 valence electrons. The van der Waals surface area contributed by atoms with Gasteiger partial charge in [0.2, 0.25) is 0 Å². The Kier molecular flexibility index (Phi) is 3.05. The Labute approximate surface area is 96.0 Å². The molecule has 0 spiro atoms. The van der Waals surface area contributed by atoms with Crippen LogP contribution < -0.4 is 11.1 Å². The van der Waals surface area contributed by atoms with E-state index in [0.29, 0.717) is 12.1 Å². The van der Waals surface area contributed by atoms with Gasteiger partial charge in [-0.25, -0.2) is 0 Å². The second-order valence-corrected chi connectivity index (χ2v) is 4.36. The number of hydrogen-bond acceptors (Lipinski definition) is 4. The van der Waals surface area contributed by atoms with Crippen molar-refractivity contribution in [3.8, 4) is 0 Å². The molecule has 0 atom stereocenters. The van der Waals surface area contributed by atoms with Crippen molar-refractivity contribution < 1.29 is 4.74 Å². The van der Waals surface area contributed by atoms with E-state index >= 15 is 0 Å². The molecule has 1 aromatic rings. The highest BCUT2D eigenvalue weighted by Crippen LogP contribution is 2.29. The number of ether oxygens (including phenoxy) is 1. The Morgan fingerprint density at radius 2 is 2.25 bits per heavy atom. The van der Waals surface area contributed by atoms with Crippen molar-refractivity contribution >= 4 is 11.5 Å². The van der Waals surface area contributed by atoms with E-state index in [1.807, 2.05) is 11.7 Å². The number of anilines is 2. The first-order valence-electron chi connectivity index (χ1n) is 5.76. The number of hydrogen-bond donors (Lipinski definition) is 2. The molecule has 1 aliphatic carbocycles. The van der Waals surface area contributed by atoms with Crippen molar-refractivity contribution in [3.05, 3.63) is 5.69 Å². The molecular weight excluding hydrogens is 204 g/mol. The maximum atomic E-state index is 6.03. The first-order chi connectivity index (χ1) is 7.65. The minimum atomic E-state index is 0.401. The molecule has 5 nitrogen and oxygen atoms in total. The van der Waals surface area contributed by atoms with E-state index in [2.05, 4.69) is 17.3 Å². The average molecular weight is 224 g/mol. The van der Waals surface area contributed by atoms with Crippen LogP contribution in [0.5, 0.6) is 0 Å². The molecule has 1 heterocycles. The summed E-state index contributed by atoms with van der Waals surface area (Å²) in [5.74, 6) is 0.941. The predicted molar refractivity (Wildman–Crippen MR) is 64.4 cm³/mol. The molecule has 1 aromatic heterocycles. The zero-order valence-electron chi connectivity index (χ0n) is 10.2. The second kappa shape index (κ2) is 4.33. The third-order valence-corrected chi connectivity index (χ3v) is 3.26. The van der Waals surface area contributed by atoms with Crippen LogP contribution in [0.25, 0.3) is 0 Å². The Morgan fingerprint density at radius 1 is 1.56 bits per heavy atom. The molecule has 0 unspecified atom stereocenters. The van der Waals surface area contributed by atoms with Crippen molar-refractivity contribution in [2.45, 2.75) is 38.3 Å². The maximum absolute atomic E-state index is 6.03. The summed E-state index contributed by atoms with van der Waals surface area (Å²) in [5.41, 5.74) is 7.78. The Balaban J connectivity index is 2.02. The van der Waals surface area contributed by atoms with Gasteiger partial charge in [-0.05, 0) is 19.3 Å². The van der Waals surface area contributed by atoms with Gasteiger partial charge in [0.1, 0.15) is 5.82 Å². The van der Waals surface area contributed by atoms with Gasteiger partial charge < -0.3 is 15.8 Å². The fourth-order valence-electron chi connectivity index (χ4n) is 2.10. The quantitative estimate of drug-likeness (QED) is 0.805. The van der Waals surface area contributed by atoms with E-state index < -0.39 is 0 Å². The molecule has 1 saturated carbocycles. The van der Waals surface area contributed by atoms with Gasteiger partial charge >= 0.3 is 0 Å². The van der Waals surface area contributed by atoms with Crippen molar-refractivity contribution in [1.82, 2.24) is 9.78 Å². The average Bonchev–Trinajstić information content (AvgIpc) is 2.48. The molecule has 2 rings (SSSR count). The molecule has 1 fully saturated rings. The largest absolute Gasteiger partial charge is 0.394 e. The number of aryl methyl sites for hydroxylation is 2. The van der Waals surface area contributed by atoms with Crippen LogP contribution in [0.2, 0.25) is 0 Å². The van der Waals surface area contributed by atoms with Crippen LogP contribution in [-0.2, 0) is 18.2 Å². The van der Waals surface area contributed by atoms with Gasteiger partial charge in [-0.2, -0.15) is 5.10 Å². The smallest absolute Gasteiger partial charge is 0.148 e. The second-order valence-electron chi connectivity index (χ2n) is 4.36. The first kappa shape index (κ1) is 11.3. The molecule has 5 heteroatoms. The van der Waals surface area contributed by atoms with E-state index in [-0.39, 0.29) is 0 Å². The summed E-state index contributed by atoms with van der Waals surface area (Å²) >= 11 is 0. The van der Waals surface area contributed by atoms with E-state index in [1.165, 1.54) is 0 Å². The lowest BCUT2D eigenvalue weighted by Gasteiger charge is -2.35. The lowest BCUT2D eigenvalue weighted by molar-refractivity contribution is 0.0327. The van der Waals surface area contributed by atoms with Crippen LogP contribution in [0, 0.1) is 0 Å². The zero-order valence-corrected chi connectivity index (χ0v) is 10.2. The van der Waals surface area contributed by atoms with Crippen LogP contribution >= 0.6 is 0 Å². The summed E-state index contributed by atoms with van der Waals surface area (Å²) in [6, 6.07) is 0.465. The van der Waals surface area contributed by atoms with Gasteiger partial charge in [-0.1, -0.05) is 6.92 Å². The number of methoxy groups -OCH3 is 1. The molecule has 0 aliphatic heterocycles. The van der Waals surface area contributed by atoms with Gasteiger partial charge in [0.05, 0.1) is 17.5 Å². The Bertz CT molecular complexity index is 368. The van der Waals surface area contributed by atoms with E-state index in [1.54, 1.807) is 7.11 Å². The van der Waals surface area contributed by atoms with Gasteiger partial charge in [0.25, 0.3) is 0 Å². The fourth-order valence-corrected chi connectivity index (χ4v) is 2.10. The minimum Gasteiger partial charge on any atom is -0.394 e. The molecule has 0 bridgehead atoms. The summed E-state index contributed by atoms with van der Waals surface area (Å²) in [6.45, 7) is 2.06. The van der Waals surface area contributed by atoms with Gasteiger partial charge in [-0.3, -0.25) is 4.68 Å². The van der Waals surface area contributed by atoms with Crippen molar-refractivity contribution in [2.24, 2.45) is 7.05 Å². The number of aromatic nitrogens is 2. The van der Waals surface area contributed by atoms with Crippen LogP contribution in [0.1, 0.15) is 25.5 Å². The summed E-state index contributed by atoms with van der Waals surface area (Å²) in [4.78, 5) is 0. The molecular formula is C11H20N4O. The molecule has 0 radical (unpaired) electrons. The van der Waals surface area contributed by atoms with Crippen molar-refractivity contribution in [3.63, 3.8) is 0 Å². The van der Waals surface area contributed by atoms with Crippen LogP contribution in [0.3, 0.4) is 0 Å². The van der Waals surface area contributed by atoms with Gasteiger partial charge in [0, 0.05) is 20.2 Å². The van der Waals surface area contributed by atoms with E-state index in [0.717, 1.165) is 36.5 Å².